The summed E-state index contributed by atoms with van der Waals surface area (Å²) in [4.78, 5) is 6.85. The molecule has 0 aromatic heterocycles. The number of nitrogens with zero attached hydrogens (tertiary/aromatic N) is 2. The van der Waals surface area contributed by atoms with E-state index in [0.29, 0.717) is 13.1 Å². The van der Waals surface area contributed by atoms with Crippen LogP contribution in [0.25, 0.3) is 0 Å². The van der Waals surface area contributed by atoms with Gasteiger partial charge in [-0.2, -0.15) is 0 Å². The van der Waals surface area contributed by atoms with E-state index in [1.807, 2.05) is 24.3 Å². The molecule has 0 amide bonds. The standard InChI is InChI=1S/C25H33FN4O2/c1-27-24(29-18-25(11-12-25)21-5-3-4-6-22(21)26)28-17-23(30-13-15-32-16-14-30)19-7-9-20(31-2)10-8-19/h3-10,23H,11-18H2,1-2H3,(H2,27,28,29). The lowest BCUT2D eigenvalue weighted by molar-refractivity contribution is 0.0170. The average molecular weight is 441 g/mol. The fourth-order valence-electron chi connectivity index (χ4n) is 4.42. The van der Waals surface area contributed by atoms with Crippen LogP contribution in [0.4, 0.5) is 4.39 Å². The van der Waals surface area contributed by atoms with Gasteiger partial charge in [-0.25, -0.2) is 4.39 Å². The van der Waals surface area contributed by atoms with Crippen molar-refractivity contribution in [3.8, 4) is 5.75 Å². The Morgan fingerprint density at radius 1 is 1.12 bits per heavy atom. The normalized spacial score (nSPS) is 19.3. The van der Waals surface area contributed by atoms with E-state index < -0.39 is 0 Å². The molecule has 172 valence electrons. The summed E-state index contributed by atoms with van der Waals surface area (Å²) in [5.41, 5.74) is 1.88. The number of aliphatic imine (C=N–C) groups is 1. The number of methoxy groups -OCH3 is 1. The second-order valence-electron chi connectivity index (χ2n) is 8.50. The zero-order chi connectivity index (χ0) is 22.4. The minimum atomic E-state index is -0.136. The van der Waals surface area contributed by atoms with Crippen LogP contribution in [0.15, 0.2) is 53.5 Å². The molecule has 2 aromatic carbocycles. The lowest BCUT2D eigenvalue weighted by atomic mass is 9.95. The highest BCUT2D eigenvalue weighted by Crippen LogP contribution is 2.48. The number of guanidine groups is 1. The number of hydrogen-bond donors (Lipinski definition) is 2. The summed E-state index contributed by atoms with van der Waals surface area (Å²) in [6.07, 6.45) is 1.97. The van der Waals surface area contributed by atoms with Crippen molar-refractivity contribution in [2.45, 2.75) is 24.3 Å². The van der Waals surface area contributed by atoms with Crippen LogP contribution in [0.3, 0.4) is 0 Å². The van der Waals surface area contributed by atoms with Crippen LogP contribution in [-0.2, 0) is 10.2 Å². The van der Waals surface area contributed by atoms with Crippen LogP contribution in [0, 0.1) is 5.82 Å². The molecular weight excluding hydrogens is 407 g/mol. The quantitative estimate of drug-likeness (QED) is 0.488. The van der Waals surface area contributed by atoms with Gasteiger partial charge in [-0.3, -0.25) is 9.89 Å². The molecule has 6 nitrogen and oxygen atoms in total. The van der Waals surface area contributed by atoms with Gasteiger partial charge < -0.3 is 20.1 Å². The first-order valence-corrected chi connectivity index (χ1v) is 11.3. The zero-order valence-electron chi connectivity index (χ0n) is 18.9. The van der Waals surface area contributed by atoms with E-state index >= 15 is 0 Å². The summed E-state index contributed by atoms with van der Waals surface area (Å²) in [5.74, 6) is 1.46. The van der Waals surface area contributed by atoms with Crippen molar-refractivity contribution in [3.05, 3.63) is 65.5 Å². The van der Waals surface area contributed by atoms with E-state index in [1.165, 1.54) is 5.56 Å². The van der Waals surface area contributed by atoms with Gasteiger partial charge in [-0.05, 0) is 42.2 Å². The molecule has 4 rings (SSSR count). The third kappa shape index (κ3) is 5.22. The molecule has 0 spiro atoms. The van der Waals surface area contributed by atoms with Crippen LogP contribution >= 0.6 is 0 Å². The first-order chi connectivity index (χ1) is 15.6. The molecular formula is C25H33FN4O2. The third-order valence-electron chi connectivity index (χ3n) is 6.57. The van der Waals surface area contributed by atoms with Gasteiger partial charge >= 0.3 is 0 Å². The number of halogens is 1. The Balaban J connectivity index is 1.40. The Bertz CT molecular complexity index is 908. The molecule has 1 aliphatic heterocycles. The van der Waals surface area contributed by atoms with Crippen LogP contribution in [0.2, 0.25) is 0 Å². The van der Waals surface area contributed by atoms with Gasteiger partial charge in [-0.1, -0.05) is 30.3 Å². The Kier molecular flexibility index (Phi) is 7.27. The molecule has 1 heterocycles. The number of ether oxygens (including phenoxy) is 2. The van der Waals surface area contributed by atoms with Crippen LogP contribution < -0.4 is 15.4 Å². The average Bonchev–Trinajstić information content (AvgIpc) is 3.63. The summed E-state index contributed by atoms with van der Waals surface area (Å²) in [6, 6.07) is 15.5. The van der Waals surface area contributed by atoms with Crippen LogP contribution in [0.5, 0.6) is 5.75 Å². The molecule has 2 N–H and O–H groups in total. The van der Waals surface area contributed by atoms with Crippen molar-refractivity contribution < 1.29 is 13.9 Å². The van der Waals surface area contributed by atoms with Crippen molar-refractivity contribution in [2.24, 2.45) is 4.99 Å². The third-order valence-corrected chi connectivity index (χ3v) is 6.57. The second kappa shape index (κ2) is 10.3. The number of morpholine rings is 1. The van der Waals surface area contributed by atoms with Crippen molar-refractivity contribution in [1.29, 1.82) is 0 Å². The molecule has 0 bridgehead atoms. The second-order valence-corrected chi connectivity index (χ2v) is 8.50. The fourth-order valence-corrected chi connectivity index (χ4v) is 4.42. The van der Waals surface area contributed by atoms with E-state index in [-0.39, 0.29) is 17.3 Å². The van der Waals surface area contributed by atoms with Crippen LogP contribution in [0.1, 0.15) is 30.0 Å². The Hall–Kier alpha value is -2.64. The molecule has 7 heteroatoms. The van der Waals surface area contributed by atoms with Crippen molar-refractivity contribution in [2.75, 3.05) is 53.6 Å². The number of hydrogen-bond acceptors (Lipinski definition) is 4. The topological polar surface area (TPSA) is 58.1 Å². The van der Waals surface area contributed by atoms with Gasteiger partial charge in [0.1, 0.15) is 11.6 Å². The lowest BCUT2D eigenvalue weighted by Crippen LogP contribution is -2.47. The monoisotopic (exact) mass is 440 g/mol. The van der Waals surface area contributed by atoms with E-state index in [4.69, 9.17) is 9.47 Å². The maximum Gasteiger partial charge on any atom is 0.191 e. The van der Waals surface area contributed by atoms with E-state index in [9.17, 15) is 4.39 Å². The highest BCUT2D eigenvalue weighted by atomic mass is 19.1. The highest BCUT2D eigenvalue weighted by molar-refractivity contribution is 5.79. The SMILES string of the molecule is CN=C(NCC(c1ccc(OC)cc1)N1CCOCC1)NCC1(c2ccccc2F)CC1. The number of nitrogens with one attached hydrogen (secondary N) is 2. The maximum absolute atomic E-state index is 14.3. The minimum Gasteiger partial charge on any atom is -0.497 e. The molecule has 32 heavy (non-hydrogen) atoms. The molecule has 2 aromatic rings. The predicted octanol–water partition coefficient (Wildman–Crippen LogP) is 3.10. The van der Waals surface area contributed by atoms with Gasteiger partial charge in [-0.15, -0.1) is 0 Å². The van der Waals surface area contributed by atoms with E-state index in [2.05, 4.69) is 32.7 Å². The van der Waals surface area contributed by atoms with Crippen molar-refractivity contribution in [1.82, 2.24) is 15.5 Å². The number of rotatable bonds is 8. The molecule has 1 unspecified atom stereocenters. The van der Waals surface area contributed by atoms with Gasteiger partial charge in [0.2, 0.25) is 0 Å². The van der Waals surface area contributed by atoms with Crippen LogP contribution in [-0.4, -0.2) is 64.4 Å². The predicted molar refractivity (Wildman–Crippen MR) is 125 cm³/mol. The summed E-state index contributed by atoms with van der Waals surface area (Å²) in [5, 5.41) is 6.93. The zero-order valence-corrected chi connectivity index (χ0v) is 18.9. The lowest BCUT2D eigenvalue weighted by Gasteiger charge is -2.35. The molecule has 1 aliphatic carbocycles. The molecule has 1 saturated heterocycles. The van der Waals surface area contributed by atoms with E-state index in [1.54, 1.807) is 26.3 Å². The van der Waals surface area contributed by atoms with Gasteiger partial charge in [0.25, 0.3) is 0 Å². The fraction of sp³-hybridized carbons (Fsp3) is 0.480. The molecule has 0 radical (unpaired) electrons. The van der Waals surface area contributed by atoms with Crippen molar-refractivity contribution >= 4 is 5.96 Å². The first kappa shape index (κ1) is 22.6. The molecule has 2 aliphatic rings. The van der Waals surface area contributed by atoms with Crippen molar-refractivity contribution in [3.63, 3.8) is 0 Å². The smallest absolute Gasteiger partial charge is 0.191 e. The highest BCUT2D eigenvalue weighted by Gasteiger charge is 2.45. The van der Waals surface area contributed by atoms with Gasteiger partial charge in [0.05, 0.1) is 26.4 Å². The van der Waals surface area contributed by atoms with E-state index in [0.717, 1.165) is 56.4 Å². The molecule has 2 fully saturated rings. The maximum atomic E-state index is 14.3. The summed E-state index contributed by atoms with van der Waals surface area (Å²) in [6.45, 7) is 4.63. The Morgan fingerprint density at radius 2 is 1.84 bits per heavy atom. The first-order valence-electron chi connectivity index (χ1n) is 11.3. The number of benzene rings is 2. The summed E-state index contributed by atoms with van der Waals surface area (Å²) >= 11 is 0. The molecule has 1 atom stereocenters. The summed E-state index contributed by atoms with van der Waals surface area (Å²) in [7, 11) is 3.45. The Labute approximate surface area is 189 Å². The largest absolute Gasteiger partial charge is 0.497 e. The summed E-state index contributed by atoms with van der Waals surface area (Å²) < 4.78 is 25.2. The van der Waals surface area contributed by atoms with Gasteiger partial charge in [0.15, 0.2) is 5.96 Å². The van der Waals surface area contributed by atoms with Gasteiger partial charge in [0, 0.05) is 38.6 Å². The minimum absolute atomic E-state index is 0.123. The molecule has 1 saturated carbocycles. The Morgan fingerprint density at radius 3 is 2.47 bits per heavy atom.